The molecule has 1 aliphatic rings. The van der Waals surface area contributed by atoms with Crippen molar-refractivity contribution in [3.8, 4) is 0 Å². The van der Waals surface area contributed by atoms with E-state index in [0.29, 0.717) is 0 Å². The van der Waals surface area contributed by atoms with Crippen LogP contribution in [-0.4, -0.2) is 23.1 Å². The number of aliphatic carboxylic acids is 1. The van der Waals surface area contributed by atoms with Crippen molar-refractivity contribution in [2.45, 2.75) is 6.04 Å². The molecule has 1 aliphatic heterocycles. The first-order valence-corrected chi connectivity index (χ1v) is 2.79. The van der Waals surface area contributed by atoms with E-state index in [1.54, 1.807) is 0 Å². The summed E-state index contributed by atoms with van der Waals surface area (Å²) in [5.41, 5.74) is 0. The van der Waals surface area contributed by atoms with Crippen LogP contribution in [0.2, 0.25) is 0 Å². The third-order valence-corrected chi connectivity index (χ3v) is 1.11. The summed E-state index contributed by atoms with van der Waals surface area (Å²) in [6, 6.07) is -2.00. The van der Waals surface area contributed by atoms with Crippen molar-refractivity contribution < 1.29 is 19.8 Å². The fourth-order valence-corrected chi connectivity index (χ4v) is 0.657. The van der Waals surface area contributed by atoms with Crippen molar-refractivity contribution in [2.24, 2.45) is 0 Å². The Labute approximate surface area is 61.5 Å². The van der Waals surface area contributed by atoms with Gasteiger partial charge in [0.1, 0.15) is 6.04 Å². The van der Waals surface area contributed by atoms with Gasteiger partial charge in [0.2, 0.25) is 0 Å². The van der Waals surface area contributed by atoms with Gasteiger partial charge in [-0.1, -0.05) is 0 Å². The standard InChI is InChI=1S/C5H6N2O4/c8-3-1-2(4(9)10)6-5(11)7-3/h1-2,8H,(H,9,10)(H2,6,7,11)/p-1/t2-/m0/s1. The molecule has 60 valence electrons. The monoisotopic (exact) mass is 157 g/mol. The van der Waals surface area contributed by atoms with Gasteiger partial charge in [0.05, 0.1) is 0 Å². The molecule has 0 aromatic rings. The van der Waals surface area contributed by atoms with E-state index in [1.165, 1.54) is 0 Å². The van der Waals surface area contributed by atoms with Gasteiger partial charge in [-0.05, 0) is 12.0 Å². The van der Waals surface area contributed by atoms with Gasteiger partial charge in [0.25, 0.3) is 0 Å². The van der Waals surface area contributed by atoms with E-state index in [9.17, 15) is 14.7 Å². The van der Waals surface area contributed by atoms with E-state index in [2.05, 4.69) is 0 Å². The number of amides is 2. The average molecular weight is 157 g/mol. The molecule has 1 heterocycles. The van der Waals surface area contributed by atoms with Crippen molar-refractivity contribution in [3.63, 3.8) is 0 Å². The normalized spacial score (nSPS) is 23.1. The van der Waals surface area contributed by atoms with Gasteiger partial charge >= 0.3 is 12.0 Å². The lowest BCUT2D eigenvalue weighted by Crippen LogP contribution is -2.51. The maximum atomic E-state index is 10.5. The second-order valence-corrected chi connectivity index (χ2v) is 1.95. The first-order valence-electron chi connectivity index (χ1n) is 2.79. The second-order valence-electron chi connectivity index (χ2n) is 1.95. The minimum Gasteiger partial charge on any atom is -0.860 e. The number of urea groups is 1. The Morgan fingerprint density at radius 1 is 1.73 bits per heavy atom. The van der Waals surface area contributed by atoms with Crippen molar-refractivity contribution in [1.29, 1.82) is 0 Å². The minimum atomic E-state index is -1.26. The molecular formula is C5H5N2O4-. The van der Waals surface area contributed by atoms with Crippen LogP contribution in [0.3, 0.4) is 0 Å². The molecule has 6 nitrogen and oxygen atoms in total. The summed E-state index contributed by atoms with van der Waals surface area (Å²) in [5.74, 6) is -1.95. The average Bonchev–Trinajstić information content (AvgIpc) is 1.85. The van der Waals surface area contributed by atoms with Gasteiger partial charge in [0, 0.05) is 0 Å². The summed E-state index contributed by atoms with van der Waals surface area (Å²) in [6.07, 6.45) is 0.879. The second kappa shape index (κ2) is 2.49. The maximum Gasteiger partial charge on any atom is 0.330 e. The number of rotatable bonds is 1. The Kier molecular flexibility index (Phi) is 1.67. The molecule has 6 heteroatoms. The van der Waals surface area contributed by atoms with Crippen LogP contribution in [-0.2, 0) is 4.79 Å². The first-order chi connectivity index (χ1) is 5.09. The molecule has 0 unspecified atom stereocenters. The summed E-state index contributed by atoms with van der Waals surface area (Å²) in [5, 5.41) is 22.7. The topological polar surface area (TPSA) is 101 Å². The fourth-order valence-electron chi connectivity index (χ4n) is 0.657. The summed E-state index contributed by atoms with van der Waals surface area (Å²) in [6.45, 7) is 0. The third-order valence-electron chi connectivity index (χ3n) is 1.11. The van der Waals surface area contributed by atoms with Gasteiger partial charge in [-0.15, -0.1) is 0 Å². The fraction of sp³-hybridized carbons (Fsp3) is 0.200. The molecule has 11 heavy (non-hydrogen) atoms. The predicted molar refractivity (Wildman–Crippen MR) is 31.2 cm³/mol. The molecule has 0 aliphatic carbocycles. The van der Waals surface area contributed by atoms with Crippen LogP contribution < -0.4 is 15.7 Å². The lowest BCUT2D eigenvalue weighted by atomic mass is 10.2. The Morgan fingerprint density at radius 2 is 2.36 bits per heavy atom. The molecule has 1 atom stereocenters. The number of carbonyl (C=O) groups is 2. The minimum absolute atomic E-state index is 0.693. The Morgan fingerprint density at radius 3 is 2.82 bits per heavy atom. The van der Waals surface area contributed by atoms with Crippen LogP contribution in [0.25, 0.3) is 0 Å². The Balaban J connectivity index is 2.77. The molecular weight excluding hydrogens is 152 g/mol. The highest BCUT2D eigenvalue weighted by Crippen LogP contribution is 1.94. The van der Waals surface area contributed by atoms with Crippen molar-refractivity contribution in [3.05, 3.63) is 12.0 Å². The lowest BCUT2D eigenvalue weighted by Gasteiger charge is -2.23. The van der Waals surface area contributed by atoms with Crippen molar-refractivity contribution in [2.75, 3.05) is 0 Å². The predicted octanol–water partition coefficient (Wildman–Crippen LogP) is -2.05. The summed E-state index contributed by atoms with van der Waals surface area (Å²) in [4.78, 5) is 20.7. The van der Waals surface area contributed by atoms with Crippen LogP contribution in [0.5, 0.6) is 0 Å². The summed E-state index contributed by atoms with van der Waals surface area (Å²) < 4.78 is 0. The summed E-state index contributed by atoms with van der Waals surface area (Å²) >= 11 is 0. The van der Waals surface area contributed by atoms with E-state index in [0.717, 1.165) is 6.08 Å². The Hall–Kier alpha value is -1.72. The van der Waals surface area contributed by atoms with Crippen LogP contribution >= 0.6 is 0 Å². The van der Waals surface area contributed by atoms with Gasteiger partial charge in [-0.2, -0.15) is 0 Å². The highest BCUT2D eigenvalue weighted by Gasteiger charge is 2.19. The quantitative estimate of drug-likeness (QED) is 0.408. The third kappa shape index (κ3) is 1.60. The molecule has 0 aromatic heterocycles. The Bertz CT molecular complexity index is 235. The molecule has 0 saturated carbocycles. The zero-order chi connectivity index (χ0) is 8.43. The highest BCUT2D eigenvalue weighted by molar-refractivity contribution is 5.86. The maximum absolute atomic E-state index is 10.5. The largest absolute Gasteiger partial charge is 0.860 e. The zero-order valence-electron chi connectivity index (χ0n) is 5.33. The van der Waals surface area contributed by atoms with Crippen LogP contribution in [0.1, 0.15) is 0 Å². The van der Waals surface area contributed by atoms with E-state index < -0.39 is 23.9 Å². The van der Waals surface area contributed by atoms with Gasteiger partial charge in [-0.3, -0.25) is 0 Å². The van der Waals surface area contributed by atoms with E-state index in [4.69, 9.17) is 5.11 Å². The lowest BCUT2D eigenvalue weighted by molar-refractivity contribution is -0.310. The number of hydrogen-bond acceptors (Lipinski definition) is 3. The molecule has 3 N–H and O–H groups in total. The van der Waals surface area contributed by atoms with Gasteiger partial charge in [-0.25, -0.2) is 9.59 Å². The van der Waals surface area contributed by atoms with Gasteiger partial charge < -0.3 is 20.8 Å². The number of nitrogens with one attached hydrogen (secondary N) is 2. The van der Waals surface area contributed by atoms with Gasteiger partial charge in [0.15, 0.2) is 0 Å². The SMILES string of the molecule is O=C1NC([O-])=C[C@@H](C(=O)O)N1. The smallest absolute Gasteiger partial charge is 0.330 e. The van der Waals surface area contributed by atoms with E-state index in [1.807, 2.05) is 10.6 Å². The molecule has 1 rings (SSSR count). The molecule has 0 fully saturated rings. The van der Waals surface area contributed by atoms with Crippen LogP contribution in [0.4, 0.5) is 4.79 Å². The summed E-state index contributed by atoms with van der Waals surface area (Å²) in [7, 11) is 0. The molecule has 0 saturated heterocycles. The van der Waals surface area contributed by atoms with E-state index in [-0.39, 0.29) is 0 Å². The van der Waals surface area contributed by atoms with Crippen LogP contribution in [0, 0.1) is 0 Å². The number of hydrogen-bond donors (Lipinski definition) is 3. The van der Waals surface area contributed by atoms with Crippen molar-refractivity contribution in [1.82, 2.24) is 10.6 Å². The van der Waals surface area contributed by atoms with Crippen LogP contribution in [0.15, 0.2) is 12.0 Å². The molecule has 0 bridgehead atoms. The molecule has 2 amide bonds. The number of carboxylic acid groups (broad SMARTS) is 1. The highest BCUT2D eigenvalue weighted by atomic mass is 16.4. The number of carbonyl (C=O) groups excluding carboxylic acids is 1. The van der Waals surface area contributed by atoms with Crippen molar-refractivity contribution >= 4 is 12.0 Å². The molecule has 0 spiro atoms. The first kappa shape index (κ1) is 7.39. The van der Waals surface area contributed by atoms with E-state index >= 15 is 0 Å². The number of carboxylic acids is 1. The molecule has 0 aromatic carbocycles. The zero-order valence-corrected chi connectivity index (χ0v) is 5.33. The molecule has 0 radical (unpaired) electrons.